The van der Waals surface area contributed by atoms with Crippen LogP contribution >= 0.6 is 0 Å². The van der Waals surface area contributed by atoms with Crippen LogP contribution in [0.25, 0.3) is 11.4 Å². The lowest BCUT2D eigenvalue weighted by molar-refractivity contribution is -0.139. The van der Waals surface area contributed by atoms with Crippen molar-refractivity contribution < 1.29 is 19.4 Å². The molecule has 9 heteroatoms. The number of aryl methyl sites for hydroxylation is 1. The summed E-state index contributed by atoms with van der Waals surface area (Å²) >= 11 is 0. The first-order chi connectivity index (χ1) is 14.0. The Morgan fingerprint density at radius 3 is 2.52 bits per heavy atom. The molecular formula is C20H21N5O4. The number of aliphatic carboxylic acids is 1. The van der Waals surface area contributed by atoms with Crippen LogP contribution in [0.5, 0.6) is 5.75 Å². The van der Waals surface area contributed by atoms with E-state index in [1.54, 1.807) is 12.1 Å². The Hall–Kier alpha value is -3.75. The molecule has 0 saturated heterocycles. The van der Waals surface area contributed by atoms with Gasteiger partial charge in [-0.25, -0.2) is 4.79 Å². The maximum absolute atomic E-state index is 12.1. The third-order valence-corrected chi connectivity index (χ3v) is 4.07. The smallest absolute Gasteiger partial charge is 0.341 e. The zero-order valence-corrected chi connectivity index (χ0v) is 15.9. The predicted molar refractivity (Wildman–Crippen MR) is 104 cm³/mol. The number of carboxylic acids is 1. The molecule has 0 aliphatic carbocycles. The second-order valence-corrected chi connectivity index (χ2v) is 6.44. The molecule has 1 heterocycles. The molecule has 0 saturated carbocycles. The summed E-state index contributed by atoms with van der Waals surface area (Å²) in [4.78, 5) is 23.8. The first-order valence-electron chi connectivity index (χ1n) is 9.05. The molecule has 3 rings (SSSR count). The van der Waals surface area contributed by atoms with Gasteiger partial charge in [0, 0.05) is 12.1 Å². The molecule has 1 amide bonds. The SMILES string of the molecule is Cc1ccc(-c2nnn(CC(=O)NCCc3ccc(OCC(=O)O)cc3)n2)cc1. The van der Waals surface area contributed by atoms with E-state index in [9.17, 15) is 9.59 Å². The van der Waals surface area contributed by atoms with E-state index in [-0.39, 0.29) is 19.1 Å². The molecule has 1 aromatic heterocycles. The number of amides is 1. The van der Waals surface area contributed by atoms with Gasteiger partial charge < -0.3 is 15.2 Å². The first kappa shape index (κ1) is 20.0. The number of benzene rings is 2. The third kappa shape index (κ3) is 6.13. The van der Waals surface area contributed by atoms with E-state index >= 15 is 0 Å². The molecular weight excluding hydrogens is 374 g/mol. The molecule has 0 bridgehead atoms. The van der Waals surface area contributed by atoms with E-state index in [4.69, 9.17) is 9.84 Å². The number of nitrogens with zero attached hydrogens (tertiary/aromatic N) is 4. The Balaban J connectivity index is 1.43. The van der Waals surface area contributed by atoms with Gasteiger partial charge >= 0.3 is 5.97 Å². The van der Waals surface area contributed by atoms with E-state index in [0.29, 0.717) is 24.5 Å². The van der Waals surface area contributed by atoms with Crippen molar-refractivity contribution in [2.24, 2.45) is 0 Å². The lowest BCUT2D eigenvalue weighted by atomic mass is 10.1. The molecule has 0 atom stereocenters. The number of carbonyl (C=O) groups is 2. The molecule has 0 aliphatic rings. The highest BCUT2D eigenvalue weighted by molar-refractivity contribution is 5.75. The molecule has 29 heavy (non-hydrogen) atoms. The molecule has 9 nitrogen and oxygen atoms in total. The largest absolute Gasteiger partial charge is 0.482 e. The fourth-order valence-electron chi connectivity index (χ4n) is 2.56. The summed E-state index contributed by atoms with van der Waals surface area (Å²) in [5.74, 6) is -0.270. The van der Waals surface area contributed by atoms with Crippen LogP contribution in [0.4, 0.5) is 0 Å². The van der Waals surface area contributed by atoms with Crippen molar-refractivity contribution in [3.05, 3.63) is 59.7 Å². The summed E-state index contributed by atoms with van der Waals surface area (Å²) in [7, 11) is 0. The van der Waals surface area contributed by atoms with E-state index in [1.165, 1.54) is 4.80 Å². The van der Waals surface area contributed by atoms with Gasteiger partial charge in [-0.05, 0) is 36.3 Å². The number of nitrogens with one attached hydrogen (secondary N) is 1. The number of ether oxygens (including phenoxy) is 1. The van der Waals surface area contributed by atoms with Crippen LogP contribution in [-0.4, -0.2) is 50.3 Å². The molecule has 0 fully saturated rings. The highest BCUT2D eigenvalue weighted by Gasteiger charge is 2.09. The molecule has 0 radical (unpaired) electrons. The zero-order chi connectivity index (χ0) is 20.6. The summed E-state index contributed by atoms with van der Waals surface area (Å²) < 4.78 is 5.08. The number of aromatic nitrogens is 4. The van der Waals surface area contributed by atoms with Crippen LogP contribution in [0, 0.1) is 6.92 Å². The number of tetrazole rings is 1. The van der Waals surface area contributed by atoms with Crippen molar-refractivity contribution in [2.45, 2.75) is 19.9 Å². The lowest BCUT2D eigenvalue weighted by Gasteiger charge is -2.06. The van der Waals surface area contributed by atoms with E-state index in [1.807, 2.05) is 43.3 Å². The van der Waals surface area contributed by atoms with Gasteiger partial charge in [0.1, 0.15) is 12.3 Å². The van der Waals surface area contributed by atoms with Gasteiger partial charge in [0.2, 0.25) is 11.7 Å². The Morgan fingerprint density at radius 2 is 1.83 bits per heavy atom. The molecule has 2 aromatic carbocycles. The van der Waals surface area contributed by atoms with Crippen molar-refractivity contribution in [1.82, 2.24) is 25.5 Å². The Labute approximate surface area is 167 Å². The molecule has 0 aliphatic heterocycles. The topological polar surface area (TPSA) is 119 Å². The van der Waals surface area contributed by atoms with E-state index in [2.05, 4.69) is 20.7 Å². The van der Waals surface area contributed by atoms with Crippen LogP contribution in [0.2, 0.25) is 0 Å². The van der Waals surface area contributed by atoms with Gasteiger partial charge in [-0.3, -0.25) is 4.79 Å². The fourth-order valence-corrected chi connectivity index (χ4v) is 2.56. The summed E-state index contributed by atoms with van der Waals surface area (Å²) in [6.07, 6.45) is 0.629. The van der Waals surface area contributed by atoms with Crippen LogP contribution in [-0.2, 0) is 22.6 Å². The molecule has 3 aromatic rings. The Morgan fingerprint density at radius 1 is 1.10 bits per heavy atom. The lowest BCUT2D eigenvalue weighted by Crippen LogP contribution is -2.30. The maximum Gasteiger partial charge on any atom is 0.341 e. The van der Waals surface area contributed by atoms with Gasteiger partial charge in [0.15, 0.2) is 6.61 Å². The standard InChI is InChI=1S/C20H21N5O4/c1-14-2-6-16(7-3-14)20-22-24-25(23-20)12-18(26)21-11-10-15-4-8-17(9-5-15)29-13-19(27)28/h2-9H,10-13H2,1H3,(H,21,26)(H,27,28). The van der Waals surface area contributed by atoms with Crippen LogP contribution in [0.15, 0.2) is 48.5 Å². The summed E-state index contributed by atoms with van der Waals surface area (Å²) in [5, 5.41) is 23.5. The van der Waals surface area contributed by atoms with Gasteiger partial charge in [0.05, 0.1) is 0 Å². The molecule has 0 spiro atoms. The maximum atomic E-state index is 12.1. The first-order valence-corrected chi connectivity index (χ1v) is 9.05. The van der Waals surface area contributed by atoms with Crippen molar-refractivity contribution >= 4 is 11.9 Å². The quantitative estimate of drug-likeness (QED) is 0.563. The minimum absolute atomic E-state index is 0.0131. The molecule has 150 valence electrons. The number of rotatable bonds is 9. The van der Waals surface area contributed by atoms with Crippen LogP contribution in [0.1, 0.15) is 11.1 Å². The molecule has 0 unspecified atom stereocenters. The number of hydrogen-bond donors (Lipinski definition) is 2. The van der Waals surface area contributed by atoms with Crippen molar-refractivity contribution in [1.29, 1.82) is 0 Å². The number of hydrogen-bond acceptors (Lipinski definition) is 6. The number of carbonyl (C=O) groups excluding carboxylic acids is 1. The second-order valence-electron chi connectivity index (χ2n) is 6.44. The van der Waals surface area contributed by atoms with Gasteiger partial charge in [-0.15, -0.1) is 10.2 Å². The van der Waals surface area contributed by atoms with Gasteiger partial charge in [-0.2, -0.15) is 4.80 Å². The zero-order valence-electron chi connectivity index (χ0n) is 15.9. The summed E-state index contributed by atoms with van der Waals surface area (Å²) in [6.45, 7) is 2.06. The number of carboxylic acid groups (broad SMARTS) is 1. The Bertz CT molecular complexity index is 967. The highest BCUT2D eigenvalue weighted by atomic mass is 16.5. The minimum Gasteiger partial charge on any atom is -0.482 e. The Kier molecular flexibility index (Phi) is 6.51. The third-order valence-electron chi connectivity index (χ3n) is 4.07. The second kappa shape index (κ2) is 9.45. The highest BCUT2D eigenvalue weighted by Crippen LogP contribution is 2.14. The van der Waals surface area contributed by atoms with E-state index in [0.717, 1.165) is 16.7 Å². The average molecular weight is 395 g/mol. The predicted octanol–water partition coefficient (Wildman–Crippen LogP) is 1.47. The van der Waals surface area contributed by atoms with Crippen molar-refractivity contribution in [3.8, 4) is 17.1 Å². The summed E-state index contributed by atoms with van der Waals surface area (Å²) in [5.41, 5.74) is 2.98. The van der Waals surface area contributed by atoms with Gasteiger partial charge in [0.25, 0.3) is 0 Å². The molecule has 2 N–H and O–H groups in total. The average Bonchev–Trinajstić information content (AvgIpc) is 3.16. The van der Waals surface area contributed by atoms with Crippen molar-refractivity contribution in [3.63, 3.8) is 0 Å². The normalized spacial score (nSPS) is 10.5. The van der Waals surface area contributed by atoms with E-state index < -0.39 is 5.97 Å². The summed E-state index contributed by atoms with van der Waals surface area (Å²) in [6, 6.07) is 14.8. The van der Waals surface area contributed by atoms with Crippen LogP contribution in [0.3, 0.4) is 0 Å². The van der Waals surface area contributed by atoms with Crippen LogP contribution < -0.4 is 10.1 Å². The fraction of sp³-hybridized carbons (Fsp3) is 0.250. The van der Waals surface area contributed by atoms with Gasteiger partial charge in [-0.1, -0.05) is 42.0 Å². The van der Waals surface area contributed by atoms with Crippen molar-refractivity contribution in [2.75, 3.05) is 13.2 Å². The minimum atomic E-state index is -1.02. The monoisotopic (exact) mass is 395 g/mol.